The molecule has 0 aliphatic heterocycles. The summed E-state index contributed by atoms with van der Waals surface area (Å²) in [6.45, 7) is 3.43. The van der Waals surface area contributed by atoms with Crippen LogP contribution in [-0.4, -0.2) is 31.0 Å². The number of likely N-dealkylation sites (N-methyl/N-ethyl adjacent to an activating group) is 1. The number of hydrogen-bond acceptors (Lipinski definition) is 2. The lowest BCUT2D eigenvalue weighted by atomic mass is 10.1. The number of fused-ring (bicyclic) bond motifs is 1. The van der Waals surface area contributed by atoms with Crippen LogP contribution < -0.4 is 10.2 Å². The molecule has 4 nitrogen and oxygen atoms in total. The molecule has 0 unspecified atom stereocenters. The highest BCUT2D eigenvalue weighted by Crippen LogP contribution is 2.22. The van der Waals surface area contributed by atoms with Crippen LogP contribution in [0.1, 0.15) is 11.3 Å². The Balaban J connectivity index is 1.55. The minimum Gasteiger partial charge on any atom is -0.373 e. The van der Waals surface area contributed by atoms with Crippen molar-refractivity contribution >= 4 is 22.5 Å². The summed E-state index contributed by atoms with van der Waals surface area (Å²) in [5.74, 6) is 0.0596. The van der Waals surface area contributed by atoms with Crippen molar-refractivity contribution in [3.05, 3.63) is 65.9 Å². The summed E-state index contributed by atoms with van der Waals surface area (Å²) in [6, 6.07) is 18.3. The zero-order valence-electron chi connectivity index (χ0n) is 14.2. The summed E-state index contributed by atoms with van der Waals surface area (Å²) in [6.07, 6.45) is 0.408. The lowest BCUT2D eigenvalue weighted by Gasteiger charge is -2.19. The third kappa shape index (κ3) is 3.59. The van der Waals surface area contributed by atoms with Crippen molar-refractivity contribution < 1.29 is 4.79 Å². The van der Waals surface area contributed by atoms with Crippen molar-refractivity contribution in [1.29, 1.82) is 0 Å². The van der Waals surface area contributed by atoms with Crippen LogP contribution in [0.5, 0.6) is 0 Å². The number of para-hydroxylation sites is 2. The van der Waals surface area contributed by atoms with Gasteiger partial charge in [-0.05, 0) is 30.7 Å². The molecule has 0 atom stereocenters. The molecule has 0 saturated heterocycles. The smallest absolute Gasteiger partial charge is 0.224 e. The van der Waals surface area contributed by atoms with Crippen LogP contribution >= 0.6 is 0 Å². The van der Waals surface area contributed by atoms with Crippen molar-refractivity contribution in [2.24, 2.45) is 0 Å². The highest BCUT2D eigenvalue weighted by Gasteiger charge is 2.12. The van der Waals surface area contributed by atoms with E-state index in [1.165, 1.54) is 0 Å². The van der Waals surface area contributed by atoms with E-state index >= 15 is 0 Å². The molecule has 0 aliphatic rings. The Morgan fingerprint density at radius 2 is 1.79 bits per heavy atom. The normalized spacial score (nSPS) is 10.8. The van der Waals surface area contributed by atoms with E-state index in [-0.39, 0.29) is 5.91 Å². The zero-order valence-corrected chi connectivity index (χ0v) is 14.2. The number of amides is 1. The molecule has 3 rings (SSSR count). The Kier molecular flexibility index (Phi) is 4.85. The number of carbonyl (C=O) groups is 1. The molecule has 0 aliphatic carbocycles. The molecule has 124 valence electrons. The average Bonchev–Trinajstić information content (AvgIpc) is 2.91. The zero-order chi connectivity index (χ0) is 16.9. The quantitative estimate of drug-likeness (QED) is 0.732. The van der Waals surface area contributed by atoms with Gasteiger partial charge in [0.25, 0.3) is 0 Å². The van der Waals surface area contributed by atoms with Crippen molar-refractivity contribution in [3.63, 3.8) is 0 Å². The number of nitrogens with one attached hydrogen (secondary N) is 2. The summed E-state index contributed by atoms with van der Waals surface area (Å²) in [7, 11) is 2.03. The molecule has 1 heterocycles. The summed E-state index contributed by atoms with van der Waals surface area (Å²) < 4.78 is 0. The molecule has 0 fully saturated rings. The second-order valence-electron chi connectivity index (χ2n) is 6.06. The van der Waals surface area contributed by atoms with E-state index < -0.39 is 0 Å². The van der Waals surface area contributed by atoms with Gasteiger partial charge in [-0.25, -0.2) is 0 Å². The van der Waals surface area contributed by atoms with Crippen molar-refractivity contribution in [2.45, 2.75) is 13.3 Å². The van der Waals surface area contributed by atoms with E-state index in [1.807, 2.05) is 50.4 Å². The first-order chi connectivity index (χ1) is 11.6. The number of H-pyrrole nitrogens is 1. The Hall–Kier alpha value is -2.75. The molecule has 0 radical (unpaired) electrons. The van der Waals surface area contributed by atoms with E-state index in [0.29, 0.717) is 13.0 Å². The topological polar surface area (TPSA) is 48.1 Å². The maximum atomic E-state index is 12.3. The number of rotatable bonds is 6. The maximum Gasteiger partial charge on any atom is 0.224 e. The van der Waals surface area contributed by atoms with Crippen LogP contribution in [0.25, 0.3) is 10.9 Å². The van der Waals surface area contributed by atoms with E-state index in [9.17, 15) is 4.79 Å². The first kappa shape index (κ1) is 16.1. The maximum absolute atomic E-state index is 12.3. The first-order valence-corrected chi connectivity index (χ1v) is 8.24. The van der Waals surface area contributed by atoms with Gasteiger partial charge in [-0.3, -0.25) is 4.79 Å². The molecule has 0 saturated carbocycles. The van der Waals surface area contributed by atoms with Gasteiger partial charge in [0, 0.05) is 42.4 Å². The van der Waals surface area contributed by atoms with Crippen LogP contribution in [-0.2, 0) is 11.2 Å². The summed E-state index contributed by atoms with van der Waals surface area (Å²) in [5.41, 5.74) is 4.38. The van der Waals surface area contributed by atoms with Crippen LogP contribution in [0.2, 0.25) is 0 Å². The van der Waals surface area contributed by atoms with Gasteiger partial charge in [0.15, 0.2) is 0 Å². The molecule has 0 spiro atoms. The predicted octanol–water partition coefficient (Wildman–Crippen LogP) is 3.27. The standard InChI is InChI=1S/C20H23N3O/c1-15-18(17-10-6-7-11-19(17)22-15)14-20(24)21-12-13-23(2)16-8-4-3-5-9-16/h3-11,22H,12-14H2,1-2H3,(H,21,24). The van der Waals surface area contributed by atoms with Crippen molar-refractivity contribution in [3.8, 4) is 0 Å². The van der Waals surface area contributed by atoms with Gasteiger partial charge in [-0.1, -0.05) is 36.4 Å². The molecule has 1 amide bonds. The second-order valence-corrected chi connectivity index (χ2v) is 6.06. The summed E-state index contributed by atoms with van der Waals surface area (Å²) >= 11 is 0. The van der Waals surface area contributed by atoms with Crippen LogP contribution in [0, 0.1) is 6.92 Å². The molecule has 24 heavy (non-hydrogen) atoms. The molecular formula is C20H23N3O. The van der Waals surface area contributed by atoms with Crippen LogP contribution in [0.15, 0.2) is 54.6 Å². The monoisotopic (exact) mass is 321 g/mol. The number of benzene rings is 2. The number of hydrogen-bond donors (Lipinski definition) is 2. The van der Waals surface area contributed by atoms with Gasteiger partial charge in [0.05, 0.1) is 6.42 Å². The predicted molar refractivity (Wildman–Crippen MR) is 99.5 cm³/mol. The minimum atomic E-state index is 0.0596. The van der Waals surface area contributed by atoms with E-state index in [0.717, 1.165) is 34.4 Å². The van der Waals surface area contributed by atoms with E-state index in [4.69, 9.17) is 0 Å². The molecule has 1 aromatic heterocycles. The Bertz CT molecular complexity index is 823. The van der Waals surface area contributed by atoms with Gasteiger partial charge in [-0.2, -0.15) is 0 Å². The second kappa shape index (κ2) is 7.21. The number of carbonyl (C=O) groups excluding carboxylic acids is 1. The molecule has 4 heteroatoms. The highest BCUT2D eigenvalue weighted by atomic mass is 16.1. The number of anilines is 1. The summed E-state index contributed by atoms with van der Waals surface area (Å²) in [5, 5.41) is 4.15. The molecular weight excluding hydrogens is 298 g/mol. The van der Waals surface area contributed by atoms with Gasteiger partial charge >= 0.3 is 0 Å². The Morgan fingerprint density at radius 3 is 2.58 bits per heavy atom. The molecule has 2 aromatic carbocycles. The minimum absolute atomic E-state index is 0.0596. The molecule has 3 aromatic rings. The van der Waals surface area contributed by atoms with Crippen LogP contribution in [0.3, 0.4) is 0 Å². The number of nitrogens with zero attached hydrogens (tertiary/aromatic N) is 1. The Morgan fingerprint density at radius 1 is 1.08 bits per heavy atom. The van der Waals surface area contributed by atoms with Crippen molar-refractivity contribution in [2.75, 3.05) is 25.0 Å². The lowest BCUT2D eigenvalue weighted by molar-refractivity contribution is -0.120. The van der Waals surface area contributed by atoms with Gasteiger partial charge in [0.2, 0.25) is 5.91 Å². The fourth-order valence-electron chi connectivity index (χ4n) is 2.96. The molecule has 0 bridgehead atoms. The largest absolute Gasteiger partial charge is 0.373 e. The fraction of sp³-hybridized carbons (Fsp3) is 0.250. The number of aryl methyl sites for hydroxylation is 1. The SMILES string of the molecule is Cc1[nH]c2ccccc2c1CC(=O)NCCN(C)c1ccccc1. The van der Waals surface area contributed by atoms with Gasteiger partial charge < -0.3 is 15.2 Å². The number of aromatic amines is 1. The van der Waals surface area contributed by atoms with E-state index in [2.05, 4.69) is 33.4 Å². The average molecular weight is 321 g/mol. The third-order valence-electron chi connectivity index (χ3n) is 4.33. The molecule has 2 N–H and O–H groups in total. The van der Waals surface area contributed by atoms with Crippen LogP contribution in [0.4, 0.5) is 5.69 Å². The summed E-state index contributed by atoms with van der Waals surface area (Å²) in [4.78, 5) is 17.8. The van der Waals surface area contributed by atoms with E-state index in [1.54, 1.807) is 0 Å². The first-order valence-electron chi connectivity index (χ1n) is 8.24. The van der Waals surface area contributed by atoms with Crippen molar-refractivity contribution in [1.82, 2.24) is 10.3 Å². The van der Waals surface area contributed by atoms with Gasteiger partial charge in [-0.15, -0.1) is 0 Å². The third-order valence-corrected chi connectivity index (χ3v) is 4.33. The van der Waals surface area contributed by atoms with Gasteiger partial charge in [0.1, 0.15) is 0 Å². The fourth-order valence-corrected chi connectivity index (χ4v) is 2.96. The Labute approximate surface area is 142 Å². The number of aromatic nitrogens is 1. The lowest BCUT2D eigenvalue weighted by Crippen LogP contribution is -2.33. The highest BCUT2D eigenvalue weighted by molar-refractivity contribution is 5.90.